The van der Waals surface area contributed by atoms with Gasteiger partial charge in [0.1, 0.15) is 11.5 Å². The predicted molar refractivity (Wildman–Crippen MR) is 148 cm³/mol. The van der Waals surface area contributed by atoms with Crippen LogP contribution in [0.15, 0.2) is 86.1 Å². The Kier molecular flexibility index (Phi) is 7.93. The molecular formula is C29H20ClF3N2O6S. The van der Waals surface area contributed by atoms with Crippen molar-refractivity contribution >= 4 is 41.0 Å². The van der Waals surface area contributed by atoms with Crippen molar-refractivity contribution in [2.75, 3.05) is 13.7 Å². The van der Waals surface area contributed by atoms with Crippen LogP contribution in [0, 0.1) is 0 Å². The maximum absolute atomic E-state index is 14.2. The van der Waals surface area contributed by atoms with Gasteiger partial charge in [0.15, 0.2) is 10.5 Å². The highest BCUT2D eigenvalue weighted by atomic mass is 35.5. The Morgan fingerprint density at radius 2 is 1.76 bits per heavy atom. The highest BCUT2D eigenvalue weighted by Gasteiger charge is 2.45. The quantitative estimate of drug-likeness (QED) is 0.282. The van der Waals surface area contributed by atoms with Gasteiger partial charge < -0.3 is 13.9 Å². The lowest BCUT2D eigenvalue weighted by Crippen LogP contribution is -2.41. The summed E-state index contributed by atoms with van der Waals surface area (Å²) in [7, 11) is 1.28. The molecule has 1 atom stereocenters. The van der Waals surface area contributed by atoms with Crippen molar-refractivity contribution < 1.29 is 36.7 Å². The average Bonchev–Trinajstić information content (AvgIpc) is 3.56. The lowest BCUT2D eigenvalue weighted by molar-refractivity contribution is -0.140. The third kappa shape index (κ3) is 5.55. The molecule has 0 aliphatic carbocycles. The number of nitrogens with zero attached hydrogens (tertiary/aromatic N) is 2. The van der Waals surface area contributed by atoms with Crippen LogP contribution in [0.2, 0.25) is 5.02 Å². The summed E-state index contributed by atoms with van der Waals surface area (Å²) in [6.45, 7) is 1.28. The number of allylic oxidation sites excluding steroid dienone is 1. The first-order valence-corrected chi connectivity index (χ1v) is 13.6. The molecule has 0 unspecified atom stereocenters. The largest absolute Gasteiger partial charge is 0.465 e. The fourth-order valence-corrected chi connectivity index (χ4v) is 5.51. The van der Waals surface area contributed by atoms with Crippen LogP contribution in [0.3, 0.4) is 0 Å². The topological polar surface area (TPSA) is 100 Å². The molecule has 2 aromatic heterocycles. The van der Waals surface area contributed by atoms with E-state index in [1.807, 2.05) is 0 Å². The molecule has 1 aliphatic heterocycles. The summed E-state index contributed by atoms with van der Waals surface area (Å²) in [4.78, 5) is 41.7. The van der Waals surface area contributed by atoms with E-state index in [4.69, 9.17) is 25.5 Å². The zero-order valence-electron chi connectivity index (χ0n) is 21.9. The molecule has 0 fully saturated rings. The molecule has 0 radical (unpaired) electrons. The molecule has 0 bridgehead atoms. The molecular weight excluding hydrogens is 597 g/mol. The smallest absolute Gasteiger partial charge is 0.434 e. The molecule has 4 aromatic rings. The summed E-state index contributed by atoms with van der Waals surface area (Å²) < 4.78 is 59.3. The van der Waals surface area contributed by atoms with E-state index in [0.717, 1.165) is 15.9 Å². The maximum atomic E-state index is 14.2. The molecule has 0 saturated carbocycles. The fourth-order valence-electron chi connectivity index (χ4n) is 4.40. The number of carbonyl (C=O) groups excluding carboxylic acids is 2. The third-order valence-electron chi connectivity index (χ3n) is 6.27. The Morgan fingerprint density at radius 1 is 1.07 bits per heavy atom. The van der Waals surface area contributed by atoms with Gasteiger partial charge in [-0.25, -0.2) is 14.6 Å². The molecule has 0 saturated heterocycles. The second-order valence-electron chi connectivity index (χ2n) is 8.89. The molecule has 0 spiro atoms. The molecule has 5 rings (SSSR count). The number of benzene rings is 2. The lowest BCUT2D eigenvalue weighted by Gasteiger charge is -2.26. The Morgan fingerprint density at radius 3 is 2.38 bits per heavy atom. The number of thiazole rings is 1. The zero-order chi connectivity index (χ0) is 30.2. The van der Waals surface area contributed by atoms with Gasteiger partial charge in [-0.1, -0.05) is 47.2 Å². The molecule has 0 amide bonds. The first kappa shape index (κ1) is 29.1. The summed E-state index contributed by atoms with van der Waals surface area (Å²) in [5.41, 5.74) is -1.72. The van der Waals surface area contributed by atoms with E-state index in [-0.39, 0.29) is 27.3 Å². The normalized spacial score (nSPS) is 15.3. The molecule has 42 heavy (non-hydrogen) atoms. The van der Waals surface area contributed by atoms with E-state index in [1.165, 1.54) is 44.4 Å². The molecule has 1 aliphatic rings. The third-order valence-corrected chi connectivity index (χ3v) is 7.51. The van der Waals surface area contributed by atoms with Gasteiger partial charge >= 0.3 is 18.1 Å². The van der Waals surface area contributed by atoms with Crippen LogP contribution in [0.4, 0.5) is 13.2 Å². The van der Waals surface area contributed by atoms with E-state index >= 15 is 0 Å². The van der Waals surface area contributed by atoms with E-state index in [9.17, 15) is 27.6 Å². The lowest BCUT2D eigenvalue weighted by atomic mass is 9.95. The minimum atomic E-state index is -5.01. The fraction of sp³-hybridized carbons (Fsp3) is 0.172. The Labute approximate surface area is 244 Å². The van der Waals surface area contributed by atoms with Crippen molar-refractivity contribution in [1.29, 1.82) is 0 Å². The molecule has 216 valence electrons. The van der Waals surface area contributed by atoms with Crippen molar-refractivity contribution in [3.8, 4) is 11.3 Å². The van der Waals surface area contributed by atoms with Crippen LogP contribution >= 0.6 is 22.9 Å². The summed E-state index contributed by atoms with van der Waals surface area (Å²) >= 11 is 6.72. The molecule has 0 N–H and O–H groups in total. The SMILES string of the molecule is CCOC(=O)C1=C(C(F)(F)F)N=c2s/c(=C\c3ccc(-c4ccc(C(=O)OC)cc4)o3)c(=O)n2[C@@H]1c1ccc(Cl)cc1. The number of esters is 2. The number of alkyl halides is 3. The van der Waals surface area contributed by atoms with Gasteiger partial charge in [-0.3, -0.25) is 9.36 Å². The number of aromatic nitrogens is 1. The Hall–Kier alpha value is -4.42. The van der Waals surface area contributed by atoms with Crippen molar-refractivity contribution in [3.63, 3.8) is 0 Å². The van der Waals surface area contributed by atoms with Gasteiger partial charge in [0.2, 0.25) is 0 Å². The van der Waals surface area contributed by atoms with E-state index in [1.54, 1.807) is 36.4 Å². The number of hydrogen-bond donors (Lipinski definition) is 0. The van der Waals surface area contributed by atoms with Crippen LogP contribution in [-0.2, 0) is 14.3 Å². The maximum Gasteiger partial charge on any atom is 0.434 e. The average molecular weight is 617 g/mol. The van der Waals surface area contributed by atoms with Gasteiger partial charge in [0.25, 0.3) is 5.56 Å². The number of methoxy groups -OCH3 is 1. The summed E-state index contributed by atoms with van der Waals surface area (Å²) in [6.07, 6.45) is -3.63. The summed E-state index contributed by atoms with van der Waals surface area (Å²) in [5.74, 6) is -1.06. The molecule has 8 nitrogen and oxygen atoms in total. The second kappa shape index (κ2) is 11.5. The van der Waals surface area contributed by atoms with E-state index in [0.29, 0.717) is 21.9 Å². The Bertz CT molecular complexity index is 1890. The van der Waals surface area contributed by atoms with Crippen LogP contribution < -0.4 is 14.9 Å². The standard InChI is InChI=1S/C29H20ClF3N2O6S/c1-3-40-27(38)22-23(16-8-10-18(30)11-9-16)35-25(36)21(42-28(35)34-24(22)29(31,32)33)14-19-12-13-20(41-19)15-4-6-17(7-5-15)26(37)39-2/h4-14,23H,3H2,1-2H3/b21-14-/t23-/m1/s1. The number of ether oxygens (including phenoxy) is 2. The summed E-state index contributed by atoms with van der Waals surface area (Å²) in [6, 6.07) is 14.0. The number of carbonyl (C=O) groups is 2. The first-order chi connectivity index (χ1) is 20.0. The van der Waals surface area contributed by atoms with E-state index in [2.05, 4.69) is 4.99 Å². The van der Waals surface area contributed by atoms with Crippen LogP contribution in [0.5, 0.6) is 0 Å². The molecule has 2 aromatic carbocycles. The minimum Gasteiger partial charge on any atom is -0.465 e. The highest BCUT2D eigenvalue weighted by molar-refractivity contribution is 7.07. The number of hydrogen-bond acceptors (Lipinski definition) is 8. The molecule has 3 heterocycles. The van der Waals surface area contributed by atoms with Gasteiger partial charge in [-0.05, 0) is 48.9 Å². The number of rotatable bonds is 6. The van der Waals surface area contributed by atoms with Crippen LogP contribution in [-0.4, -0.2) is 36.4 Å². The van der Waals surface area contributed by atoms with Gasteiger partial charge in [-0.2, -0.15) is 13.2 Å². The highest BCUT2D eigenvalue weighted by Crippen LogP contribution is 2.38. The van der Waals surface area contributed by atoms with Gasteiger partial charge in [-0.15, -0.1) is 0 Å². The number of fused-ring (bicyclic) bond motifs is 1. The predicted octanol–water partition coefficient (Wildman–Crippen LogP) is 5.04. The van der Waals surface area contributed by atoms with Crippen molar-refractivity contribution in [3.05, 3.63) is 114 Å². The number of halogens is 4. The van der Waals surface area contributed by atoms with Gasteiger partial charge in [0, 0.05) is 16.7 Å². The monoisotopic (exact) mass is 616 g/mol. The van der Waals surface area contributed by atoms with Crippen molar-refractivity contribution in [2.24, 2.45) is 4.99 Å². The number of furan rings is 1. The zero-order valence-corrected chi connectivity index (χ0v) is 23.5. The Balaban J connectivity index is 1.64. The van der Waals surface area contributed by atoms with Gasteiger partial charge in [0.05, 0.1) is 35.4 Å². The van der Waals surface area contributed by atoms with Crippen molar-refractivity contribution in [2.45, 2.75) is 19.1 Å². The molecule has 13 heteroatoms. The minimum absolute atomic E-state index is 0.0290. The first-order valence-electron chi connectivity index (χ1n) is 12.4. The van der Waals surface area contributed by atoms with Crippen molar-refractivity contribution in [1.82, 2.24) is 4.57 Å². The van der Waals surface area contributed by atoms with Crippen LogP contribution in [0.25, 0.3) is 17.4 Å². The van der Waals surface area contributed by atoms with Crippen LogP contribution in [0.1, 0.15) is 34.6 Å². The summed E-state index contributed by atoms with van der Waals surface area (Å²) in [5, 5.41) is 0.317. The van der Waals surface area contributed by atoms with E-state index < -0.39 is 41.0 Å². The second-order valence-corrected chi connectivity index (χ2v) is 10.3.